The predicted molar refractivity (Wildman–Crippen MR) is 79.7 cm³/mol. The van der Waals surface area contributed by atoms with E-state index >= 15 is 0 Å². The molecule has 1 aromatic carbocycles. The summed E-state index contributed by atoms with van der Waals surface area (Å²) in [4.78, 5) is 12.1. The van der Waals surface area contributed by atoms with Crippen molar-refractivity contribution in [3.63, 3.8) is 0 Å². The molecule has 1 N–H and O–H groups in total. The first kappa shape index (κ1) is 14.5. The molecule has 1 atom stereocenters. The topological polar surface area (TPSA) is 66.5 Å². The Kier molecular flexibility index (Phi) is 3.75. The van der Waals surface area contributed by atoms with Gasteiger partial charge in [0.2, 0.25) is 10.0 Å². The highest BCUT2D eigenvalue weighted by Gasteiger charge is 2.32. The van der Waals surface area contributed by atoms with Crippen LogP contribution in [0.25, 0.3) is 0 Å². The van der Waals surface area contributed by atoms with Gasteiger partial charge in [-0.15, -0.1) is 0 Å². The molecule has 1 fully saturated rings. The van der Waals surface area contributed by atoms with Crippen molar-refractivity contribution in [3.8, 4) is 0 Å². The molecular formula is C15H20N2O3S. The summed E-state index contributed by atoms with van der Waals surface area (Å²) in [7, 11) is -3.51. The van der Waals surface area contributed by atoms with Crippen molar-refractivity contribution in [1.29, 1.82) is 0 Å². The standard InChI is InChI=1S/C15H20N2O3S/c1-11-4-2-3-9-17(11)21(19,20)13-6-5-12-7-8-16-15(18)14(12)10-13/h5-6,10-11H,2-4,7-9H2,1H3,(H,16,18)/t11-/m0/s1. The Morgan fingerprint density at radius 3 is 2.86 bits per heavy atom. The van der Waals surface area contributed by atoms with E-state index in [2.05, 4.69) is 5.32 Å². The second-order valence-corrected chi connectivity index (χ2v) is 7.68. The second-order valence-electron chi connectivity index (χ2n) is 5.79. The fourth-order valence-corrected chi connectivity index (χ4v) is 4.84. The fourth-order valence-electron chi connectivity index (χ4n) is 3.12. The number of hydrogen-bond acceptors (Lipinski definition) is 3. The summed E-state index contributed by atoms with van der Waals surface area (Å²) in [6.45, 7) is 3.12. The lowest BCUT2D eigenvalue weighted by Crippen LogP contribution is -2.42. The summed E-state index contributed by atoms with van der Waals surface area (Å²) in [5.41, 5.74) is 1.41. The van der Waals surface area contributed by atoms with Gasteiger partial charge in [0.25, 0.3) is 5.91 Å². The molecule has 0 unspecified atom stereocenters. The number of benzene rings is 1. The zero-order valence-corrected chi connectivity index (χ0v) is 12.9. The lowest BCUT2D eigenvalue weighted by Gasteiger charge is -2.32. The number of carbonyl (C=O) groups excluding carboxylic acids is 1. The number of nitrogens with one attached hydrogen (secondary N) is 1. The summed E-state index contributed by atoms with van der Waals surface area (Å²) >= 11 is 0. The van der Waals surface area contributed by atoms with Crippen molar-refractivity contribution in [1.82, 2.24) is 9.62 Å². The molecule has 0 aliphatic carbocycles. The van der Waals surface area contributed by atoms with Crippen LogP contribution in [0.1, 0.15) is 42.1 Å². The highest BCUT2D eigenvalue weighted by Crippen LogP contribution is 2.27. The minimum absolute atomic E-state index is 0.0219. The predicted octanol–water partition coefficient (Wildman–Crippen LogP) is 1.54. The average molecular weight is 308 g/mol. The molecule has 2 heterocycles. The smallest absolute Gasteiger partial charge is 0.251 e. The van der Waals surface area contributed by atoms with Gasteiger partial charge in [0.15, 0.2) is 0 Å². The van der Waals surface area contributed by atoms with Crippen molar-refractivity contribution in [3.05, 3.63) is 29.3 Å². The Bertz CT molecular complexity index is 669. The van der Waals surface area contributed by atoms with E-state index in [0.717, 1.165) is 31.2 Å². The third-order valence-corrected chi connectivity index (χ3v) is 6.36. The van der Waals surface area contributed by atoms with Crippen LogP contribution in [-0.4, -0.2) is 37.8 Å². The van der Waals surface area contributed by atoms with Gasteiger partial charge in [0.1, 0.15) is 0 Å². The summed E-state index contributed by atoms with van der Waals surface area (Å²) in [5, 5.41) is 2.76. The maximum atomic E-state index is 12.8. The Labute approximate surface area is 125 Å². The number of amides is 1. The molecule has 1 saturated heterocycles. The first-order valence-corrected chi connectivity index (χ1v) is 8.87. The lowest BCUT2D eigenvalue weighted by atomic mass is 10.0. The molecule has 21 heavy (non-hydrogen) atoms. The number of piperidine rings is 1. The molecule has 0 radical (unpaired) electrons. The number of sulfonamides is 1. The lowest BCUT2D eigenvalue weighted by molar-refractivity contribution is 0.0945. The van der Waals surface area contributed by atoms with Gasteiger partial charge < -0.3 is 5.32 Å². The van der Waals surface area contributed by atoms with E-state index in [-0.39, 0.29) is 16.8 Å². The second kappa shape index (κ2) is 5.42. The normalized spacial score (nSPS) is 23.5. The zero-order chi connectivity index (χ0) is 15.0. The Morgan fingerprint density at radius 1 is 1.29 bits per heavy atom. The molecule has 2 aliphatic heterocycles. The quantitative estimate of drug-likeness (QED) is 0.901. The summed E-state index contributed by atoms with van der Waals surface area (Å²) in [6.07, 6.45) is 3.61. The highest BCUT2D eigenvalue weighted by molar-refractivity contribution is 7.89. The summed E-state index contributed by atoms with van der Waals surface area (Å²) < 4.78 is 27.1. The van der Waals surface area contributed by atoms with Crippen LogP contribution in [0.4, 0.5) is 0 Å². The maximum absolute atomic E-state index is 12.8. The number of fused-ring (bicyclic) bond motifs is 1. The molecule has 0 saturated carbocycles. The van der Waals surface area contributed by atoms with Gasteiger partial charge in [0, 0.05) is 24.7 Å². The van der Waals surface area contributed by atoms with Gasteiger partial charge in [-0.3, -0.25) is 4.79 Å². The van der Waals surface area contributed by atoms with Crippen LogP contribution in [0.3, 0.4) is 0 Å². The summed E-state index contributed by atoms with van der Waals surface area (Å²) in [6, 6.07) is 4.96. The minimum atomic E-state index is -3.51. The van der Waals surface area contributed by atoms with Crippen LogP contribution in [0.2, 0.25) is 0 Å². The first-order chi connectivity index (χ1) is 10.00. The van der Waals surface area contributed by atoms with E-state index in [9.17, 15) is 13.2 Å². The van der Waals surface area contributed by atoms with Crippen molar-refractivity contribution in [2.45, 2.75) is 43.5 Å². The maximum Gasteiger partial charge on any atom is 0.251 e. The van der Waals surface area contributed by atoms with E-state index in [1.807, 2.05) is 6.92 Å². The van der Waals surface area contributed by atoms with Crippen LogP contribution < -0.4 is 5.32 Å². The van der Waals surface area contributed by atoms with Crippen LogP contribution in [0.5, 0.6) is 0 Å². The molecule has 6 heteroatoms. The zero-order valence-electron chi connectivity index (χ0n) is 12.1. The Morgan fingerprint density at radius 2 is 2.10 bits per heavy atom. The Balaban J connectivity index is 1.99. The van der Waals surface area contributed by atoms with Crippen LogP contribution in [-0.2, 0) is 16.4 Å². The SMILES string of the molecule is C[C@H]1CCCCN1S(=O)(=O)c1ccc2c(c1)C(=O)NCC2. The van der Waals surface area contributed by atoms with Gasteiger partial charge in [-0.05, 0) is 43.9 Å². The number of hydrogen-bond donors (Lipinski definition) is 1. The third-order valence-electron chi connectivity index (χ3n) is 4.35. The van der Waals surface area contributed by atoms with E-state index in [4.69, 9.17) is 0 Å². The third kappa shape index (κ3) is 2.58. The van der Waals surface area contributed by atoms with Crippen molar-refractivity contribution >= 4 is 15.9 Å². The highest BCUT2D eigenvalue weighted by atomic mass is 32.2. The van der Waals surface area contributed by atoms with Crippen LogP contribution >= 0.6 is 0 Å². The minimum Gasteiger partial charge on any atom is -0.352 e. The molecule has 3 rings (SSSR count). The van der Waals surface area contributed by atoms with Gasteiger partial charge in [0.05, 0.1) is 4.90 Å². The number of nitrogens with zero attached hydrogens (tertiary/aromatic N) is 1. The molecule has 1 amide bonds. The van der Waals surface area contributed by atoms with Crippen LogP contribution in [0.15, 0.2) is 23.1 Å². The van der Waals surface area contributed by atoms with E-state index in [0.29, 0.717) is 18.7 Å². The molecule has 0 spiro atoms. The first-order valence-electron chi connectivity index (χ1n) is 7.43. The van der Waals surface area contributed by atoms with E-state index in [1.165, 1.54) is 6.07 Å². The van der Waals surface area contributed by atoms with Crippen LogP contribution in [0, 0.1) is 0 Å². The molecule has 0 bridgehead atoms. The van der Waals surface area contributed by atoms with E-state index in [1.54, 1.807) is 16.4 Å². The van der Waals surface area contributed by atoms with Crippen molar-refractivity contribution in [2.24, 2.45) is 0 Å². The van der Waals surface area contributed by atoms with Gasteiger partial charge >= 0.3 is 0 Å². The molecule has 114 valence electrons. The fraction of sp³-hybridized carbons (Fsp3) is 0.533. The molecule has 0 aromatic heterocycles. The molecule has 2 aliphatic rings. The molecule has 5 nitrogen and oxygen atoms in total. The van der Waals surface area contributed by atoms with Gasteiger partial charge in [-0.2, -0.15) is 4.31 Å². The van der Waals surface area contributed by atoms with Crippen molar-refractivity contribution in [2.75, 3.05) is 13.1 Å². The molecular weight excluding hydrogens is 288 g/mol. The summed E-state index contributed by atoms with van der Waals surface area (Å²) in [5.74, 6) is -0.181. The number of carbonyl (C=O) groups is 1. The monoisotopic (exact) mass is 308 g/mol. The van der Waals surface area contributed by atoms with Gasteiger partial charge in [-0.1, -0.05) is 12.5 Å². The van der Waals surface area contributed by atoms with Crippen molar-refractivity contribution < 1.29 is 13.2 Å². The Hall–Kier alpha value is -1.40. The number of rotatable bonds is 2. The molecule has 1 aromatic rings. The van der Waals surface area contributed by atoms with E-state index < -0.39 is 10.0 Å². The van der Waals surface area contributed by atoms with Gasteiger partial charge in [-0.25, -0.2) is 8.42 Å². The largest absolute Gasteiger partial charge is 0.352 e. The average Bonchev–Trinajstić information content (AvgIpc) is 2.47.